The number of carboxylic acids is 1. The van der Waals surface area contributed by atoms with Crippen molar-refractivity contribution in [2.24, 2.45) is 7.05 Å². The highest BCUT2D eigenvalue weighted by atomic mass is 32.2. The number of hydrogen-bond donors (Lipinski definition) is 2. The van der Waals surface area contributed by atoms with Crippen molar-refractivity contribution in [3.05, 3.63) is 17.0 Å². The number of aromatic nitrogens is 2. The number of aliphatic carboxylic acids is 1. The lowest BCUT2D eigenvalue weighted by molar-refractivity contribution is -0.133. The van der Waals surface area contributed by atoms with Gasteiger partial charge in [0.2, 0.25) is 5.91 Å². The van der Waals surface area contributed by atoms with Gasteiger partial charge in [0.1, 0.15) is 0 Å². The molecule has 6 nitrogen and oxygen atoms in total. The molecule has 0 radical (unpaired) electrons. The van der Waals surface area contributed by atoms with Crippen LogP contribution in [-0.2, 0) is 36.0 Å². The number of amides is 1. The quantitative estimate of drug-likeness (QED) is 0.747. The molecule has 1 amide bonds. The SMILES string of the molecule is CCc1nn(C)c(CC)c1CNC(=O)CSCC(=O)O. The molecule has 0 bridgehead atoms. The molecule has 0 aliphatic rings. The number of nitrogens with one attached hydrogen (secondary N) is 1. The highest BCUT2D eigenvalue weighted by Gasteiger charge is 2.14. The molecule has 1 aromatic heterocycles. The van der Waals surface area contributed by atoms with Gasteiger partial charge in [-0.2, -0.15) is 5.10 Å². The molecule has 112 valence electrons. The second kappa shape index (κ2) is 7.94. The molecule has 0 atom stereocenters. The predicted molar refractivity (Wildman–Crippen MR) is 78.8 cm³/mol. The van der Waals surface area contributed by atoms with Gasteiger partial charge < -0.3 is 10.4 Å². The Labute approximate surface area is 122 Å². The van der Waals surface area contributed by atoms with Crippen LogP contribution in [-0.4, -0.2) is 38.3 Å². The molecular weight excluding hydrogens is 278 g/mol. The first-order valence-electron chi connectivity index (χ1n) is 6.59. The van der Waals surface area contributed by atoms with E-state index in [9.17, 15) is 9.59 Å². The second-order valence-corrected chi connectivity index (χ2v) is 5.35. The summed E-state index contributed by atoms with van der Waals surface area (Å²) in [4.78, 5) is 22.0. The number of carbonyl (C=O) groups excluding carboxylic acids is 1. The molecule has 1 heterocycles. The number of hydrogen-bond acceptors (Lipinski definition) is 4. The van der Waals surface area contributed by atoms with Crippen LogP contribution in [0.4, 0.5) is 0 Å². The van der Waals surface area contributed by atoms with E-state index in [0.29, 0.717) is 6.54 Å². The molecule has 0 unspecified atom stereocenters. The number of carbonyl (C=O) groups is 2. The third kappa shape index (κ3) is 4.56. The van der Waals surface area contributed by atoms with E-state index in [-0.39, 0.29) is 17.4 Å². The first-order valence-corrected chi connectivity index (χ1v) is 7.74. The van der Waals surface area contributed by atoms with Crippen molar-refractivity contribution in [2.45, 2.75) is 33.2 Å². The summed E-state index contributed by atoms with van der Waals surface area (Å²) in [5, 5.41) is 15.8. The molecule has 0 spiro atoms. The van der Waals surface area contributed by atoms with Crippen molar-refractivity contribution in [3.63, 3.8) is 0 Å². The zero-order chi connectivity index (χ0) is 15.1. The van der Waals surface area contributed by atoms with Crippen LogP contribution < -0.4 is 5.32 Å². The zero-order valence-corrected chi connectivity index (χ0v) is 12.9. The van der Waals surface area contributed by atoms with Gasteiger partial charge >= 0.3 is 5.97 Å². The van der Waals surface area contributed by atoms with E-state index < -0.39 is 5.97 Å². The standard InChI is InChI=1S/C13H21N3O3S/c1-4-10-9(11(5-2)16(3)15-10)6-14-12(17)7-20-8-13(18)19/h4-8H2,1-3H3,(H,14,17)(H,18,19). The lowest BCUT2D eigenvalue weighted by atomic mass is 10.1. The first-order chi connectivity index (χ1) is 9.49. The van der Waals surface area contributed by atoms with Gasteiger partial charge in [-0.05, 0) is 12.8 Å². The minimum atomic E-state index is -0.906. The van der Waals surface area contributed by atoms with Crippen LogP contribution in [0.2, 0.25) is 0 Å². The molecule has 2 N–H and O–H groups in total. The minimum Gasteiger partial charge on any atom is -0.481 e. The maximum absolute atomic E-state index is 11.7. The maximum Gasteiger partial charge on any atom is 0.313 e. The van der Waals surface area contributed by atoms with Crippen molar-refractivity contribution >= 4 is 23.6 Å². The van der Waals surface area contributed by atoms with Crippen LogP contribution in [0, 0.1) is 0 Å². The molecule has 7 heteroatoms. The van der Waals surface area contributed by atoms with E-state index in [1.165, 1.54) is 0 Å². The Morgan fingerprint density at radius 2 is 2.00 bits per heavy atom. The van der Waals surface area contributed by atoms with Crippen molar-refractivity contribution in [2.75, 3.05) is 11.5 Å². The van der Waals surface area contributed by atoms with Crippen LogP contribution in [0.15, 0.2) is 0 Å². The van der Waals surface area contributed by atoms with Crippen LogP contribution in [0.5, 0.6) is 0 Å². The normalized spacial score (nSPS) is 10.6. The Bertz CT molecular complexity index is 485. The molecule has 1 aromatic rings. The number of aryl methyl sites for hydroxylation is 2. The molecule has 1 rings (SSSR count). The number of carboxylic acid groups (broad SMARTS) is 1. The molecule has 0 fully saturated rings. The van der Waals surface area contributed by atoms with Gasteiger partial charge in [0, 0.05) is 24.8 Å². The first kappa shape index (κ1) is 16.6. The van der Waals surface area contributed by atoms with Crippen molar-refractivity contribution in [1.29, 1.82) is 0 Å². The zero-order valence-electron chi connectivity index (χ0n) is 12.1. The van der Waals surface area contributed by atoms with Crippen LogP contribution in [0.3, 0.4) is 0 Å². The average molecular weight is 299 g/mol. The van der Waals surface area contributed by atoms with Gasteiger partial charge in [0.15, 0.2) is 0 Å². The molecule has 0 aliphatic heterocycles. The van der Waals surface area contributed by atoms with Gasteiger partial charge in [-0.25, -0.2) is 0 Å². The van der Waals surface area contributed by atoms with E-state index in [1.54, 1.807) is 0 Å². The lowest BCUT2D eigenvalue weighted by Crippen LogP contribution is -2.26. The van der Waals surface area contributed by atoms with Gasteiger partial charge in [-0.15, -0.1) is 11.8 Å². The Balaban J connectivity index is 2.56. The molecule has 0 saturated heterocycles. The van der Waals surface area contributed by atoms with Crippen LogP contribution >= 0.6 is 11.8 Å². The number of thioether (sulfide) groups is 1. The Kier molecular flexibility index (Phi) is 6.57. The van der Waals surface area contributed by atoms with Gasteiger partial charge in [0.05, 0.1) is 17.2 Å². The Morgan fingerprint density at radius 1 is 1.30 bits per heavy atom. The van der Waals surface area contributed by atoms with Gasteiger partial charge in [0.25, 0.3) is 0 Å². The fraction of sp³-hybridized carbons (Fsp3) is 0.615. The molecule has 0 aliphatic carbocycles. The lowest BCUT2D eigenvalue weighted by Gasteiger charge is -2.07. The molecular formula is C13H21N3O3S. The molecule has 20 heavy (non-hydrogen) atoms. The summed E-state index contributed by atoms with van der Waals surface area (Å²) in [6, 6.07) is 0. The summed E-state index contributed by atoms with van der Waals surface area (Å²) in [6.45, 7) is 4.55. The van der Waals surface area contributed by atoms with E-state index in [4.69, 9.17) is 5.11 Å². The summed E-state index contributed by atoms with van der Waals surface area (Å²) in [7, 11) is 1.91. The minimum absolute atomic E-state index is 0.0548. The number of rotatable bonds is 8. The van der Waals surface area contributed by atoms with E-state index in [1.807, 2.05) is 18.7 Å². The Hall–Kier alpha value is -1.50. The summed E-state index contributed by atoms with van der Waals surface area (Å²) in [6.07, 6.45) is 1.69. The van der Waals surface area contributed by atoms with Crippen molar-refractivity contribution in [3.8, 4) is 0 Å². The highest BCUT2D eigenvalue weighted by molar-refractivity contribution is 8.00. The molecule has 0 aromatic carbocycles. The van der Waals surface area contributed by atoms with Crippen molar-refractivity contribution in [1.82, 2.24) is 15.1 Å². The van der Waals surface area contributed by atoms with E-state index in [0.717, 1.165) is 41.6 Å². The summed E-state index contributed by atoms with van der Waals surface area (Å²) in [5.74, 6) is -0.947. The summed E-state index contributed by atoms with van der Waals surface area (Å²) < 4.78 is 1.86. The number of nitrogens with zero attached hydrogens (tertiary/aromatic N) is 2. The molecule has 0 saturated carbocycles. The highest BCUT2D eigenvalue weighted by Crippen LogP contribution is 2.15. The smallest absolute Gasteiger partial charge is 0.313 e. The third-order valence-corrected chi connectivity index (χ3v) is 3.87. The Morgan fingerprint density at radius 3 is 2.55 bits per heavy atom. The monoisotopic (exact) mass is 299 g/mol. The van der Waals surface area contributed by atoms with Crippen molar-refractivity contribution < 1.29 is 14.7 Å². The van der Waals surface area contributed by atoms with E-state index >= 15 is 0 Å². The largest absolute Gasteiger partial charge is 0.481 e. The topological polar surface area (TPSA) is 84.2 Å². The van der Waals surface area contributed by atoms with Crippen LogP contribution in [0.25, 0.3) is 0 Å². The third-order valence-electron chi connectivity index (χ3n) is 2.95. The maximum atomic E-state index is 11.7. The fourth-order valence-electron chi connectivity index (χ4n) is 2.06. The fourth-order valence-corrected chi connectivity index (χ4v) is 2.63. The van der Waals surface area contributed by atoms with Gasteiger partial charge in [-0.1, -0.05) is 13.8 Å². The summed E-state index contributed by atoms with van der Waals surface area (Å²) >= 11 is 1.10. The summed E-state index contributed by atoms with van der Waals surface area (Å²) in [5.41, 5.74) is 3.21. The van der Waals surface area contributed by atoms with Gasteiger partial charge in [-0.3, -0.25) is 14.3 Å². The average Bonchev–Trinajstić information content (AvgIpc) is 2.71. The second-order valence-electron chi connectivity index (χ2n) is 4.37. The predicted octanol–water partition coefficient (Wildman–Crippen LogP) is 0.979. The van der Waals surface area contributed by atoms with E-state index in [2.05, 4.69) is 17.3 Å². The van der Waals surface area contributed by atoms with Crippen LogP contribution in [0.1, 0.15) is 30.8 Å².